The number of benzene rings is 1. The van der Waals surface area contributed by atoms with Crippen LogP contribution in [0.1, 0.15) is 11.3 Å². The van der Waals surface area contributed by atoms with E-state index in [0.29, 0.717) is 22.9 Å². The van der Waals surface area contributed by atoms with Gasteiger partial charge in [-0.2, -0.15) is 9.78 Å². The van der Waals surface area contributed by atoms with Crippen molar-refractivity contribution in [2.75, 3.05) is 5.32 Å². The topological polar surface area (TPSA) is 108 Å². The monoisotopic (exact) mass is 408 g/mol. The van der Waals surface area contributed by atoms with Crippen molar-refractivity contribution in [3.63, 3.8) is 0 Å². The van der Waals surface area contributed by atoms with Crippen LogP contribution in [0, 0.1) is 17.0 Å². The summed E-state index contributed by atoms with van der Waals surface area (Å²) in [5.74, 6) is -0.884. The Hall–Kier alpha value is -2.91. The van der Waals surface area contributed by atoms with Crippen molar-refractivity contribution in [1.82, 2.24) is 19.6 Å². The molecule has 27 heavy (non-hydrogen) atoms. The summed E-state index contributed by atoms with van der Waals surface area (Å²) in [6.45, 7) is 1.84. The van der Waals surface area contributed by atoms with Gasteiger partial charge in [0.15, 0.2) is 5.02 Å². The first-order valence-electron chi connectivity index (χ1n) is 7.77. The van der Waals surface area contributed by atoms with E-state index in [1.54, 1.807) is 23.9 Å². The maximum atomic E-state index is 12.2. The Morgan fingerprint density at radius 1 is 1.37 bits per heavy atom. The van der Waals surface area contributed by atoms with Crippen molar-refractivity contribution in [1.29, 1.82) is 0 Å². The van der Waals surface area contributed by atoms with Gasteiger partial charge in [0.1, 0.15) is 6.54 Å². The summed E-state index contributed by atoms with van der Waals surface area (Å²) in [5, 5.41) is 22.0. The van der Waals surface area contributed by atoms with Crippen LogP contribution in [0.3, 0.4) is 0 Å². The first-order chi connectivity index (χ1) is 12.8. The molecule has 0 atom stereocenters. The van der Waals surface area contributed by atoms with Crippen LogP contribution in [0.4, 0.5) is 11.5 Å². The lowest BCUT2D eigenvalue weighted by Crippen LogP contribution is -2.20. The number of amides is 1. The summed E-state index contributed by atoms with van der Waals surface area (Å²) in [7, 11) is 0. The lowest BCUT2D eigenvalue weighted by Gasteiger charge is -2.03. The van der Waals surface area contributed by atoms with Gasteiger partial charge in [-0.05, 0) is 29.5 Å². The molecule has 1 amide bonds. The third kappa shape index (κ3) is 4.44. The molecule has 0 unspecified atom stereocenters. The molecule has 3 aromatic rings. The predicted molar refractivity (Wildman–Crippen MR) is 100 cm³/mol. The Morgan fingerprint density at radius 3 is 2.81 bits per heavy atom. The van der Waals surface area contributed by atoms with E-state index in [1.807, 2.05) is 18.2 Å². The average Bonchev–Trinajstić information content (AvgIpc) is 3.14. The summed E-state index contributed by atoms with van der Waals surface area (Å²) >= 11 is 11.8. The maximum absolute atomic E-state index is 12.2. The molecule has 2 aromatic heterocycles. The highest BCUT2D eigenvalue weighted by atomic mass is 35.5. The molecule has 0 fully saturated rings. The average molecular weight is 409 g/mol. The molecule has 2 heterocycles. The fourth-order valence-electron chi connectivity index (χ4n) is 2.45. The van der Waals surface area contributed by atoms with Crippen molar-refractivity contribution in [3.8, 4) is 0 Å². The number of hydrogen-bond acceptors (Lipinski definition) is 5. The van der Waals surface area contributed by atoms with Crippen LogP contribution in [0.2, 0.25) is 10.0 Å². The molecular weight excluding hydrogens is 395 g/mol. The van der Waals surface area contributed by atoms with Crippen molar-refractivity contribution in [2.24, 2.45) is 0 Å². The van der Waals surface area contributed by atoms with Gasteiger partial charge >= 0.3 is 5.82 Å². The van der Waals surface area contributed by atoms with E-state index < -0.39 is 16.6 Å². The standard InChI is InChI=1S/C16H14Cl2N6O3/c1-10-15(18)16(24(26)27)21-23(10)9-14(25)20-13-6-19-22(8-13)7-11-3-2-4-12(17)5-11/h2-6,8H,7,9H2,1H3,(H,20,25). The number of halogens is 2. The van der Waals surface area contributed by atoms with Crippen LogP contribution in [-0.4, -0.2) is 30.4 Å². The van der Waals surface area contributed by atoms with Crippen LogP contribution in [0.15, 0.2) is 36.7 Å². The van der Waals surface area contributed by atoms with E-state index in [-0.39, 0.29) is 11.6 Å². The number of aromatic nitrogens is 4. The second-order valence-corrected chi connectivity index (χ2v) is 6.56. The van der Waals surface area contributed by atoms with E-state index in [1.165, 1.54) is 10.9 Å². The molecule has 0 bridgehead atoms. The van der Waals surface area contributed by atoms with E-state index in [9.17, 15) is 14.9 Å². The van der Waals surface area contributed by atoms with Gasteiger partial charge in [-0.3, -0.25) is 9.48 Å². The number of carbonyl (C=O) groups excluding carboxylic acids is 1. The Labute approximate surface area is 163 Å². The third-order valence-corrected chi connectivity index (χ3v) is 4.41. The molecule has 3 rings (SSSR count). The molecule has 0 aliphatic heterocycles. The molecule has 0 saturated heterocycles. The van der Waals surface area contributed by atoms with E-state index in [2.05, 4.69) is 15.5 Å². The van der Waals surface area contributed by atoms with Gasteiger partial charge in [0.05, 0.1) is 29.2 Å². The fraction of sp³-hybridized carbons (Fsp3) is 0.188. The SMILES string of the molecule is Cc1c(Cl)c([N+](=O)[O-])nn1CC(=O)Nc1cnn(Cc2cccc(Cl)c2)c1. The highest BCUT2D eigenvalue weighted by Gasteiger charge is 2.25. The van der Waals surface area contributed by atoms with Gasteiger partial charge in [0, 0.05) is 11.2 Å². The van der Waals surface area contributed by atoms with Crippen LogP contribution in [0.25, 0.3) is 0 Å². The quantitative estimate of drug-likeness (QED) is 0.497. The summed E-state index contributed by atoms with van der Waals surface area (Å²) < 4.78 is 2.84. The molecule has 9 nitrogen and oxygen atoms in total. The highest BCUT2D eigenvalue weighted by Crippen LogP contribution is 2.26. The van der Waals surface area contributed by atoms with Gasteiger partial charge in [-0.25, -0.2) is 0 Å². The number of nitrogens with one attached hydrogen (secondary N) is 1. The molecule has 0 saturated carbocycles. The second-order valence-electron chi connectivity index (χ2n) is 5.74. The number of nitrogens with zero attached hydrogens (tertiary/aromatic N) is 5. The summed E-state index contributed by atoms with van der Waals surface area (Å²) in [4.78, 5) is 22.4. The molecule has 1 N–H and O–H groups in total. The van der Waals surface area contributed by atoms with Crippen molar-refractivity contribution in [3.05, 3.63) is 68.1 Å². The van der Waals surface area contributed by atoms with Gasteiger partial charge < -0.3 is 15.4 Å². The Kier molecular flexibility index (Phi) is 5.43. The minimum atomic E-state index is -0.691. The third-order valence-electron chi connectivity index (χ3n) is 3.73. The molecule has 0 radical (unpaired) electrons. The molecule has 11 heteroatoms. The number of rotatable bonds is 6. The number of carbonyl (C=O) groups is 1. The second kappa shape index (κ2) is 7.77. The lowest BCUT2D eigenvalue weighted by molar-refractivity contribution is -0.389. The van der Waals surface area contributed by atoms with Crippen molar-refractivity contribution >= 4 is 40.6 Å². The molecule has 0 spiro atoms. The minimum Gasteiger partial charge on any atom is -0.358 e. The van der Waals surface area contributed by atoms with Crippen molar-refractivity contribution in [2.45, 2.75) is 20.0 Å². The summed E-state index contributed by atoms with van der Waals surface area (Å²) in [6, 6.07) is 7.38. The zero-order chi connectivity index (χ0) is 19.6. The fourth-order valence-corrected chi connectivity index (χ4v) is 2.87. The summed E-state index contributed by atoms with van der Waals surface area (Å²) in [6.07, 6.45) is 3.18. The first-order valence-corrected chi connectivity index (χ1v) is 8.53. The molecule has 0 aliphatic rings. The van der Waals surface area contributed by atoms with Crippen LogP contribution < -0.4 is 5.32 Å². The van der Waals surface area contributed by atoms with E-state index >= 15 is 0 Å². The largest absolute Gasteiger partial charge is 0.408 e. The van der Waals surface area contributed by atoms with Crippen LogP contribution >= 0.6 is 23.2 Å². The highest BCUT2D eigenvalue weighted by molar-refractivity contribution is 6.33. The molecular formula is C16H14Cl2N6O3. The van der Waals surface area contributed by atoms with Gasteiger partial charge in [-0.15, -0.1) is 0 Å². The smallest absolute Gasteiger partial charge is 0.358 e. The number of nitro groups is 1. The molecule has 1 aromatic carbocycles. The van der Waals surface area contributed by atoms with Gasteiger partial charge in [0.25, 0.3) is 0 Å². The van der Waals surface area contributed by atoms with Gasteiger partial charge in [-0.1, -0.05) is 35.3 Å². The lowest BCUT2D eigenvalue weighted by atomic mass is 10.2. The predicted octanol–water partition coefficient (Wildman–Crippen LogP) is 3.29. The number of hydrogen-bond donors (Lipinski definition) is 1. The van der Waals surface area contributed by atoms with Crippen LogP contribution in [0.5, 0.6) is 0 Å². The Bertz CT molecular complexity index is 1010. The zero-order valence-electron chi connectivity index (χ0n) is 14.1. The molecule has 140 valence electrons. The minimum absolute atomic E-state index is 0.0814. The molecule has 0 aliphatic carbocycles. The van der Waals surface area contributed by atoms with E-state index in [4.69, 9.17) is 23.2 Å². The first kappa shape index (κ1) is 18.9. The van der Waals surface area contributed by atoms with Crippen molar-refractivity contribution < 1.29 is 9.72 Å². The zero-order valence-corrected chi connectivity index (χ0v) is 15.6. The Morgan fingerprint density at radius 2 is 2.15 bits per heavy atom. The van der Waals surface area contributed by atoms with Crippen LogP contribution in [-0.2, 0) is 17.9 Å². The summed E-state index contributed by atoms with van der Waals surface area (Å²) in [5.41, 5.74) is 1.81. The van der Waals surface area contributed by atoms with E-state index in [0.717, 1.165) is 5.56 Å². The number of anilines is 1. The maximum Gasteiger partial charge on any atom is 0.408 e. The normalized spacial score (nSPS) is 10.8. The van der Waals surface area contributed by atoms with Gasteiger partial charge in [0.2, 0.25) is 5.91 Å². The Balaban J connectivity index is 1.64.